The second-order valence-corrected chi connectivity index (χ2v) is 9.34. The Labute approximate surface area is 177 Å². The first-order valence-electron chi connectivity index (χ1n) is 9.92. The molecule has 4 nitrogen and oxygen atoms in total. The fraction of sp³-hybridized carbons (Fsp3) is 0.333. The maximum Gasteiger partial charge on any atom is 0.261 e. The number of hydrogen-bond acceptors (Lipinski definition) is 4. The van der Waals surface area contributed by atoms with Crippen LogP contribution in [-0.4, -0.2) is 18.3 Å². The summed E-state index contributed by atoms with van der Waals surface area (Å²) in [5.41, 5.74) is 4.33. The summed E-state index contributed by atoms with van der Waals surface area (Å²) >= 11 is 1.56. The summed E-state index contributed by atoms with van der Waals surface area (Å²) in [4.78, 5) is 19.2. The Morgan fingerprint density at radius 2 is 2.03 bits per heavy atom. The Kier molecular flexibility index (Phi) is 6.38. The Bertz CT molecular complexity index is 990. The molecular weight excluding hydrogens is 378 g/mol. The smallest absolute Gasteiger partial charge is 0.261 e. The molecule has 0 unspecified atom stereocenters. The van der Waals surface area contributed by atoms with E-state index in [9.17, 15) is 4.79 Å². The number of rotatable bonds is 5. The van der Waals surface area contributed by atoms with Crippen molar-refractivity contribution in [3.63, 3.8) is 0 Å². The van der Waals surface area contributed by atoms with Gasteiger partial charge >= 0.3 is 0 Å². The van der Waals surface area contributed by atoms with E-state index in [1.807, 2.05) is 25.1 Å². The Morgan fingerprint density at radius 3 is 2.69 bits per heavy atom. The van der Waals surface area contributed by atoms with Gasteiger partial charge in [0.05, 0.1) is 17.1 Å². The zero-order valence-corrected chi connectivity index (χ0v) is 18.6. The van der Waals surface area contributed by atoms with Gasteiger partial charge in [0.2, 0.25) is 0 Å². The number of amides is 1. The van der Waals surface area contributed by atoms with Crippen LogP contribution < -0.4 is 10.6 Å². The first kappa shape index (κ1) is 21.1. The molecule has 0 bridgehead atoms. The third-order valence-electron chi connectivity index (χ3n) is 4.72. The lowest BCUT2D eigenvalue weighted by Gasteiger charge is -2.15. The van der Waals surface area contributed by atoms with Crippen LogP contribution in [0.1, 0.15) is 59.8 Å². The van der Waals surface area contributed by atoms with Gasteiger partial charge in [-0.15, -0.1) is 11.3 Å². The van der Waals surface area contributed by atoms with Crippen LogP contribution in [0.2, 0.25) is 0 Å². The molecule has 1 aromatic carbocycles. The van der Waals surface area contributed by atoms with Crippen molar-refractivity contribution < 1.29 is 4.79 Å². The third kappa shape index (κ3) is 5.45. The molecule has 0 saturated heterocycles. The fourth-order valence-electron chi connectivity index (χ4n) is 3.03. The van der Waals surface area contributed by atoms with E-state index in [2.05, 4.69) is 68.7 Å². The first-order chi connectivity index (χ1) is 13.8. The maximum atomic E-state index is 12.5. The van der Waals surface area contributed by atoms with E-state index in [4.69, 9.17) is 4.99 Å². The van der Waals surface area contributed by atoms with Crippen molar-refractivity contribution in [1.29, 1.82) is 0 Å². The van der Waals surface area contributed by atoms with Crippen LogP contribution in [0.25, 0.3) is 5.70 Å². The summed E-state index contributed by atoms with van der Waals surface area (Å²) in [5, 5.41) is 6.37. The van der Waals surface area contributed by atoms with Crippen LogP contribution in [0, 0.1) is 6.92 Å². The minimum Gasteiger partial charge on any atom is -0.346 e. The maximum absolute atomic E-state index is 12.5. The van der Waals surface area contributed by atoms with E-state index in [1.54, 1.807) is 11.3 Å². The van der Waals surface area contributed by atoms with Crippen molar-refractivity contribution in [3.05, 3.63) is 75.1 Å². The summed E-state index contributed by atoms with van der Waals surface area (Å²) in [5.74, 6) is 0.855. The van der Waals surface area contributed by atoms with E-state index >= 15 is 0 Å². The van der Waals surface area contributed by atoms with Crippen molar-refractivity contribution in [2.75, 3.05) is 6.54 Å². The molecule has 0 fully saturated rings. The second-order valence-electron chi connectivity index (χ2n) is 8.26. The van der Waals surface area contributed by atoms with Gasteiger partial charge < -0.3 is 10.6 Å². The molecule has 0 aliphatic carbocycles. The number of amidine groups is 1. The van der Waals surface area contributed by atoms with Crippen molar-refractivity contribution in [1.82, 2.24) is 10.6 Å². The Morgan fingerprint density at radius 1 is 1.24 bits per heavy atom. The predicted molar refractivity (Wildman–Crippen MR) is 123 cm³/mol. The summed E-state index contributed by atoms with van der Waals surface area (Å²) in [6.07, 6.45) is 4.86. The normalized spacial score (nSPS) is 14.4. The van der Waals surface area contributed by atoms with Crippen LogP contribution >= 0.6 is 11.3 Å². The second kappa shape index (κ2) is 8.78. The number of nitrogens with zero attached hydrogens (tertiary/aromatic N) is 1. The van der Waals surface area contributed by atoms with Gasteiger partial charge in [-0.2, -0.15) is 0 Å². The number of benzene rings is 1. The average molecular weight is 408 g/mol. The van der Waals surface area contributed by atoms with E-state index in [0.29, 0.717) is 6.54 Å². The molecule has 0 saturated carbocycles. The van der Waals surface area contributed by atoms with E-state index in [-0.39, 0.29) is 11.3 Å². The van der Waals surface area contributed by atoms with Crippen LogP contribution in [0.5, 0.6) is 0 Å². The van der Waals surface area contributed by atoms with Crippen molar-refractivity contribution in [2.24, 2.45) is 4.99 Å². The number of thiophene rings is 1. The standard InChI is InChI=1S/C24H29N3OS/c1-6-18(15-25-23(28)20-11-12-21(29-20)24(3,4)5)26-22-13-10-19(27-22)17-9-7-8-16(2)14-17/h6-12,14H,13,15H2,1-5H3,(H,25,28)(H,26,27)/b18-6+. The number of nitrogens with one attached hydrogen (secondary N) is 2. The molecule has 1 aliphatic heterocycles. The molecule has 152 valence electrons. The van der Waals surface area contributed by atoms with Gasteiger partial charge in [0.1, 0.15) is 5.84 Å². The lowest BCUT2D eigenvalue weighted by molar-refractivity contribution is 0.0960. The van der Waals surface area contributed by atoms with Crippen LogP contribution in [0.4, 0.5) is 0 Å². The molecule has 1 aromatic heterocycles. The summed E-state index contributed by atoms with van der Waals surface area (Å²) < 4.78 is 0. The zero-order valence-electron chi connectivity index (χ0n) is 17.8. The van der Waals surface area contributed by atoms with Crippen molar-refractivity contribution in [3.8, 4) is 0 Å². The molecule has 3 rings (SSSR count). The topological polar surface area (TPSA) is 53.5 Å². The SMILES string of the molecule is C/C=C(\CNC(=O)c1ccc(C(C)(C)C)s1)NC1=NC(c2cccc(C)c2)=CC1. The van der Waals surface area contributed by atoms with E-state index < -0.39 is 0 Å². The molecule has 2 heterocycles. The number of carbonyl (C=O) groups excluding carboxylic acids is 1. The molecule has 0 radical (unpaired) electrons. The molecule has 0 atom stereocenters. The molecule has 2 N–H and O–H groups in total. The first-order valence-corrected chi connectivity index (χ1v) is 10.7. The van der Waals surface area contributed by atoms with Crippen LogP contribution in [0.3, 0.4) is 0 Å². The molecular formula is C24H29N3OS. The molecule has 1 amide bonds. The molecule has 0 spiro atoms. The fourth-order valence-corrected chi connectivity index (χ4v) is 4.01. The molecule has 1 aliphatic rings. The summed E-state index contributed by atoms with van der Waals surface area (Å²) in [6.45, 7) is 11.0. The van der Waals surface area contributed by atoms with Crippen molar-refractivity contribution in [2.45, 2.75) is 46.5 Å². The van der Waals surface area contributed by atoms with E-state index in [1.165, 1.54) is 10.4 Å². The molecule has 29 heavy (non-hydrogen) atoms. The highest BCUT2D eigenvalue weighted by molar-refractivity contribution is 7.14. The molecule has 5 heteroatoms. The number of carbonyl (C=O) groups is 1. The average Bonchev–Trinajstić information content (AvgIpc) is 3.34. The zero-order chi connectivity index (χ0) is 21.0. The lowest BCUT2D eigenvalue weighted by Crippen LogP contribution is -2.32. The van der Waals surface area contributed by atoms with Gasteiger partial charge in [0.25, 0.3) is 5.91 Å². The largest absolute Gasteiger partial charge is 0.346 e. The number of hydrogen-bond donors (Lipinski definition) is 2. The minimum absolute atomic E-state index is 0.0430. The van der Waals surface area contributed by atoms with Crippen molar-refractivity contribution >= 4 is 28.8 Å². The number of aliphatic imine (C=N–C) groups is 1. The highest BCUT2D eigenvalue weighted by atomic mass is 32.1. The van der Waals surface area contributed by atoms with Gasteiger partial charge in [-0.3, -0.25) is 4.79 Å². The summed E-state index contributed by atoms with van der Waals surface area (Å²) in [7, 11) is 0. The molecule has 2 aromatic rings. The van der Waals surface area contributed by atoms with Gasteiger partial charge in [-0.05, 0) is 37.5 Å². The predicted octanol–water partition coefficient (Wildman–Crippen LogP) is 5.42. The quantitative estimate of drug-likeness (QED) is 0.695. The highest BCUT2D eigenvalue weighted by Gasteiger charge is 2.19. The monoisotopic (exact) mass is 407 g/mol. The third-order valence-corrected chi connectivity index (χ3v) is 6.23. The van der Waals surface area contributed by atoms with E-state index in [0.717, 1.165) is 34.1 Å². The Balaban J connectivity index is 1.57. The summed E-state index contributed by atoms with van der Waals surface area (Å²) in [6, 6.07) is 12.3. The van der Waals surface area contributed by atoms with Gasteiger partial charge in [-0.1, -0.05) is 56.7 Å². The van der Waals surface area contributed by atoms with Crippen LogP contribution in [0.15, 0.2) is 59.2 Å². The van der Waals surface area contributed by atoms with Gasteiger partial charge in [0.15, 0.2) is 0 Å². The highest BCUT2D eigenvalue weighted by Crippen LogP contribution is 2.29. The van der Waals surface area contributed by atoms with Gasteiger partial charge in [0, 0.05) is 22.6 Å². The minimum atomic E-state index is -0.0430. The van der Waals surface area contributed by atoms with Crippen LogP contribution in [-0.2, 0) is 5.41 Å². The number of aryl methyl sites for hydroxylation is 1. The lowest BCUT2D eigenvalue weighted by atomic mass is 9.95. The van der Waals surface area contributed by atoms with Gasteiger partial charge in [-0.25, -0.2) is 4.99 Å². The Hall–Kier alpha value is -2.66. The number of allylic oxidation sites excluding steroid dienone is 1.